The van der Waals surface area contributed by atoms with Crippen LogP contribution in [-0.2, 0) is 12.8 Å². The van der Waals surface area contributed by atoms with E-state index in [1.807, 2.05) is 13.8 Å². The van der Waals surface area contributed by atoms with Gasteiger partial charge in [0.15, 0.2) is 0 Å². The van der Waals surface area contributed by atoms with Crippen molar-refractivity contribution in [1.29, 1.82) is 0 Å². The van der Waals surface area contributed by atoms with Crippen molar-refractivity contribution in [2.45, 2.75) is 60.3 Å². The van der Waals surface area contributed by atoms with Gasteiger partial charge >= 0.3 is 0 Å². The third-order valence-electron chi connectivity index (χ3n) is 2.26. The molecule has 0 atom stereocenters. The molecule has 0 saturated heterocycles. The highest BCUT2D eigenvalue weighted by Crippen LogP contribution is 2.19. The number of rotatable bonds is 0. The van der Waals surface area contributed by atoms with Crippen molar-refractivity contribution in [1.82, 2.24) is 0 Å². The van der Waals surface area contributed by atoms with Crippen molar-refractivity contribution >= 4 is 0 Å². The molecule has 0 unspecified atom stereocenters. The van der Waals surface area contributed by atoms with Gasteiger partial charge in [0.25, 0.3) is 0 Å². The van der Waals surface area contributed by atoms with Crippen molar-refractivity contribution in [3.05, 3.63) is 35.4 Å². The number of hydrogen-bond donors (Lipinski definition) is 0. The molecule has 0 amide bonds. The molecule has 0 N–H and O–H groups in total. The molecule has 0 aliphatic heterocycles. The maximum Gasteiger partial charge on any atom is -0.0276 e. The van der Waals surface area contributed by atoms with E-state index in [-0.39, 0.29) is 0 Å². The molecule has 1 aromatic rings. The summed E-state index contributed by atoms with van der Waals surface area (Å²) in [6.45, 7) is 10.5. The third-order valence-corrected chi connectivity index (χ3v) is 2.26. The second kappa shape index (κ2) is 9.45. The monoisotopic (exact) mass is 220 g/mol. The molecule has 92 valence electrons. The summed E-state index contributed by atoms with van der Waals surface area (Å²) in [5.74, 6) is 0.833. The van der Waals surface area contributed by atoms with Crippen LogP contribution in [0.25, 0.3) is 0 Å². The molecule has 16 heavy (non-hydrogen) atoms. The van der Waals surface area contributed by atoms with Crippen molar-refractivity contribution in [3.8, 4) is 0 Å². The molecular weight excluding hydrogens is 192 g/mol. The van der Waals surface area contributed by atoms with E-state index < -0.39 is 0 Å². The Labute approximate surface area is 102 Å². The number of hydrogen-bond acceptors (Lipinski definition) is 0. The zero-order valence-corrected chi connectivity index (χ0v) is 11.7. The number of benzene rings is 1. The zero-order valence-electron chi connectivity index (χ0n) is 11.7. The zero-order chi connectivity index (χ0) is 12.4. The first-order valence-corrected chi connectivity index (χ1v) is 6.77. The summed E-state index contributed by atoms with van der Waals surface area (Å²) in [6.07, 6.45) is 5.38. The Morgan fingerprint density at radius 3 is 1.44 bits per heavy atom. The van der Waals surface area contributed by atoms with Crippen LogP contribution in [0.3, 0.4) is 0 Å². The highest BCUT2D eigenvalue weighted by atomic mass is 14.1. The lowest BCUT2D eigenvalue weighted by Crippen LogP contribution is -2.00. The second-order valence-corrected chi connectivity index (χ2v) is 4.71. The summed E-state index contributed by atoms with van der Waals surface area (Å²) in [5, 5.41) is 0. The first-order chi connectivity index (χ1) is 7.70. The van der Waals surface area contributed by atoms with E-state index in [2.05, 4.69) is 45.0 Å². The van der Waals surface area contributed by atoms with Gasteiger partial charge in [-0.05, 0) is 42.7 Å². The van der Waals surface area contributed by atoms with Gasteiger partial charge in [-0.15, -0.1) is 0 Å². The van der Waals surface area contributed by atoms with Gasteiger partial charge < -0.3 is 0 Å². The Bertz CT molecular complexity index is 233. The van der Waals surface area contributed by atoms with Gasteiger partial charge in [-0.3, -0.25) is 0 Å². The minimum absolute atomic E-state index is 0.833. The number of aryl methyl sites for hydroxylation is 2. The second-order valence-electron chi connectivity index (χ2n) is 4.71. The van der Waals surface area contributed by atoms with Crippen LogP contribution in [0.4, 0.5) is 0 Å². The normalized spacial score (nSPS) is 12.9. The summed E-state index contributed by atoms with van der Waals surface area (Å²) in [6, 6.07) is 8.80. The molecule has 0 saturated carbocycles. The molecule has 2 rings (SSSR count). The van der Waals surface area contributed by atoms with Crippen LogP contribution >= 0.6 is 0 Å². The summed E-state index contributed by atoms with van der Waals surface area (Å²) in [7, 11) is 0. The third kappa shape index (κ3) is 6.66. The van der Waals surface area contributed by atoms with Crippen LogP contribution in [0.15, 0.2) is 24.3 Å². The fourth-order valence-corrected chi connectivity index (χ4v) is 1.68. The molecule has 0 heteroatoms. The fourth-order valence-electron chi connectivity index (χ4n) is 1.68. The largest absolute Gasteiger partial charge is 0.0683 e. The van der Waals surface area contributed by atoms with E-state index in [0.29, 0.717) is 0 Å². The molecule has 0 spiro atoms. The minimum atomic E-state index is 0.833. The first kappa shape index (κ1) is 15.2. The molecule has 0 nitrogen and oxygen atoms in total. The molecule has 0 fully saturated rings. The van der Waals surface area contributed by atoms with Gasteiger partial charge in [0.1, 0.15) is 0 Å². The van der Waals surface area contributed by atoms with Gasteiger partial charge in [0.05, 0.1) is 0 Å². The van der Waals surface area contributed by atoms with Crippen LogP contribution < -0.4 is 0 Å². The summed E-state index contributed by atoms with van der Waals surface area (Å²) in [5.41, 5.74) is 3.16. The highest BCUT2D eigenvalue weighted by Gasteiger charge is 2.05. The van der Waals surface area contributed by atoms with Gasteiger partial charge in [-0.2, -0.15) is 0 Å². The van der Waals surface area contributed by atoms with E-state index in [0.717, 1.165) is 5.92 Å². The Kier molecular flexibility index (Phi) is 8.99. The van der Waals surface area contributed by atoms with Crippen LogP contribution in [0.2, 0.25) is 0 Å². The van der Waals surface area contributed by atoms with Gasteiger partial charge in [0.2, 0.25) is 0 Å². The first-order valence-electron chi connectivity index (χ1n) is 6.77. The molecule has 0 bridgehead atoms. The lowest BCUT2D eigenvalue weighted by atomic mass is 9.92. The molecule has 1 aliphatic rings. The maximum absolute atomic E-state index is 2.26. The van der Waals surface area contributed by atoms with E-state index in [4.69, 9.17) is 0 Å². The lowest BCUT2D eigenvalue weighted by Gasteiger charge is -2.13. The lowest BCUT2D eigenvalue weighted by molar-refractivity contribution is 0.685. The highest BCUT2D eigenvalue weighted by molar-refractivity contribution is 5.28. The van der Waals surface area contributed by atoms with Gasteiger partial charge in [-0.1, -0.05) is 58.9 Å². The molecule has 1 aliphatic carbocycles. The molecule has 1 aromatic carbocycles. The van der Waals surface area contributed by atoms with Gasteiger partial charge in [-0.25, -0.2) is 0 Å². The molecular formula is C16H28. The average molecular weight is 220 g/mol. The van der Waals surface area contributed by atoms with Crippen LogP contribution in [0.5, 0.6) is 0 Å². The Morgan fingerprint density at radius 2 is 1.12 bits per heavy atom. The summed E-state index contributed by atoms with van der Waals surface area (Å²) >= 11 is 0. The predicted molar refractivity (Wildman–Crippen MR) is 74.9 cm³/mol. The Hall–Kier alpha value is -0.780. The van der Waals surface area contributed by atoms with Crippen molar-refractivity contribution in [2.24, 2.45) is 5.92 Å². The van der Waals surface area contributed by atoms with Crippen LogP contribution in [-0.4, -0.2) is 0 Å². The standard InChI is InChI=1S/C10H12.C4H10.C2H6/c1-2-6-10-8-4-3-7-9(10)5-1;1-4(2)3;1-2/h1-2,5-6H,3-4,7-8H2;4H,1-3H3;1-2H3. The smallest absolute Gasteiger partial charge is 0.0276 e. The molecule has 0 radical (unpaired) electrons. The topological polar surface area (TPSA) is 0 Å². The minimum Gasteiger partial charge on any atom is -0.0683 e. The predicted octanol–water partition coefficient (Wildman–Crippen LogP) is 5.25. The molecule has 0 aromatic heterocycles. The Morgan fingerprint density at radius 1 is 0.812 bits per heavy atom. The summed E-state index contributed by atoms with van der Waals surface area (Å²) < 4.78 is 0. The van der Waals surface area contributed by atoms with Crippen molar-refractivity contribution in [2.75, 3.05) is 0 Å². The number of fused-ring (bicyclic) bond motifs is 1. The van der Waals surface area contributed by atoms with Crippen LogP contribution in [0.1, 0.15) is 58.6 Å². The fraction of sp³-hybridized carbons (Fsp3) is 0.625. The van der Waals surface area contributed by atoms with Crippen molar-refractivity contribution in [3.63, 3.8) is 0 Å². The SMILES string of the molecule is CC.CC(C)C.c1ccc2c(c1)CCCC2. The van der Waals surface area contributed by atoms with Crippen molar-refractivity contribution < 1.29 is 0 Å². The van der Waals surface area contributed by atoms with Gasteiger partial charge in [0, 0.05) is 0 Å². The Balaban J connectivity index is 0.000000323. The summed E-state index contributed by atoms with van der Waals surface area (Å²) in [4.78, 5) is 0. The average Bonchev–Trinajstić information content (AvgIpc) is 2.31. The van der Waals surface area contributed by atoms with E-state index in [1.54, 1.807) is 11.1 Å². The maximum atomic E-state index is 2.26. The van der Waals surface area contributed by atoms with Crippen LogP contribution in [0, 0.1) is 5.92 Å². The van der Waals surface area contributed by atoms with E-state index in [1.165, 1.54) is 25.7 Å². The van der Waals surface area contributed by atoms with E-state index >= 15 is 0 Å². The molecule has 0 heterocycles. The van der Waals surface area contributed by atoms with E-state index in [9.17, 15) is 0 Å². The quantitative estimate of drug-likeness (QED) is 0.560.